The third kappa shape index (κ3) is 5.94. The van der Waals surface area contributed by atoms with E-state index in [9.17, 15) is 0 Å². The fourth-order valence-electron chi connectivity index (χ4n) is 8.71. The minimum absolute atomic E-state index is 1.10. The van der Waals surface area contributed by atoms with Crippen molar-refractivity contribution in [2.24, 2.45) is 0 Å². The Bertz CT molecular complexity index is 3290. The first-order chi connectivity index (χ1) is 28.8. The van der Waals surface area contributed by atoms with Gasteiger partial charge in [-0.15, -0.1) is 11.3 Å². The zero-order valence-corrected chi connectivity index (χ0v) is 32.5. The second-order valence-corrected chi connectivity index (χ2v) is 15.9. The van der Waals surface area contributed by atoms with Crippen molar-refractivity contribution in [2.75, 3.05) is 4.90 Å². The number of nitrogens with zero attached hydrogens (tertiary/aromatic N) is 1. The van der Waals surface area contributed by atoms with Crippen molar-refractivity contribution in [1.29, 1.82) is 0 Å². The molecule has 0 radical (unpaired) electrons. The van der Waals surface area contributed by atoms with Crippen LogP contribution < -0.4 is 4.90 Å². The molecule has 0 saturated carbocycles. The molecule has 2 heteroatoms. The molecule has 0 bridgehead atoms. The van der Waals surface area contributed by atoms with E-state index in [2.05, 4.69) is 229 Å². The summed E-state index contributed by atoms with van der Waals surface area (Å²) in [5.74, 6) is 0. The van der Waals surface area contributed by atoms with Crippen molar-refractivity contribution in [2.45, 2.75) is 0 Å². The van der Waals surface area contributed by atoms with Gasteiger partial charge in [0.05, 0.1) is 5.69 Å². The number of hydrogen-bond acceptors (Lipinski definition) is 2. The van der Waals surface area contributed by atoms with E-state index in [4.69, 9.17) is 0 Å². The number of rotatable bonds is 7. The highest BCUT2D eigenvalue weighted by atomic mass is 32.1. The summed E-state index contributed by atoms with van der Waals surface area (Å²) in [5.41, 5.74) is 12.9. The molecule has 0 aliphatic rings. The monoisotopic (exact) mass is 755 g/mol. The van der Waals surface area contributed by atoms with Gasteiger partial charge in [0.1, 0.15) is 0 Å². The van der Waals surface area contributed by atoms with Crippen LogP contribution >= 0.6 is 11.3 Å². The van der Waals surface area contributed by atoms with Gasteiger partial charge < -0.3 is 4.90 Å². The Labute approximate surface area is 342 Å². The molecule has 0 unspecified atom stereocenters. The van der Waals surface area contributed by atoms with Crippen LogP contribution in [0.2, 0.25) is 0 Å². The number of fused-ring (bicyclic) bond motifs is 6. The topological polar surface area (TPSA) is 3.24 Å². The van der Waals surface area contributed by atoms with Crippen molar-refractivity contribution in [3.63, 3.8) is 0 Å². The van der Waals surface area contributed by atoms with Gasteiger partial charge in [0.25, 0.3) is 0 Å². The summed E-state index contributed by atoms with van der Waals surface area (Å²) in [4.78, 5) is 2.43. The van der Waals surface area contributed by atoms with Crippen LogP contribution in [0.3, 0.4) is 0 Å². The van der Waals surface area contributed by atoms with E-state index < -0.39 is 0 Å². The van der Waals surface area contributed by atoms with Crippen LogP contribution in [0, 0.1) is 0 Å². The molecule has 10 aromatic carbocycles. The Kier molecular flexibility index (Phi) is 8.42. The van der Waals surface area contributed by atoms with E-state index in [1.807, 2.05) is 11.3 Å². The molecule has 58 heavy (non-hydrogen) atoms. The first-order valence-corrected chi connectivity index (χ1v) is 20.7. The molecular formula is C56H37NS. The highest BCUT2D eigenvalue weighted by Crippen LogP contribution is 2.46. The van der Waals surface area contributed by atoms with E-state index in [1.54, 1.807) is 0 Å². The molecule has 1 heterocycles. The molecule has 272 valence electrons. The third-order valence-electron chi connectivity index (χ3n) is 11.5. The van der Waals surface area contributed by atoms with Gasteiger partial charge in [-0.05, 0) is 103 Å². The molecule has 0 aliphatic carbocycles. The van der Waals surface area contributed by atoms with Crippen molar-refractivity contribution >= 4 is 70.1 Å². The van der Waals surface area contributed by atoms with Gasteiger partial charge in [-0.25, -0.2) is 0 Å². The normalized spacial score (nSPS) is 11.4. The molecule has 0 spiro atoms. The molecule has 11 aromatic rings. The number of thiophene rings is 1. The lowest BCUT2D eigenvalue weighted by atomic mass is 9.88. The fraction of sp³-hybridized carbons (Fsp3) is 0. The van der Waals surface area contributed by atoms with E-state index >= 15 is 0 Å². The lowest BCUT2D eigenvalue weighted by molar-refractivity contribution is 1.29. The largest absolute Gasteiger partial charge is 0.310 e. The maximum Gasteiger partial charge on any atom is 0.0540 e. The highest BCUT2D eigenvalue weighted by Gasteiger charge is 2.21. The van der Waals surface area contributed by atoms with Crippen molar-refractivity contribution < 1.29 is 0 Å². The summed E-state index contributed by atoms with van der Waals surface area (Å²) in [7, 11) is 0. The zero-order valence-electron chi connectivity index (χ0n) is 31.7. The summed E-state index contributed by atoms with van der Waals surface area (Å²) < 4.78 is 2.64. The number of benzene rings is 10. The first kappa shape index (κ1) is 34.0. The summed E-state index contributed by atoms with van der Waals surface area (Å²) >= 11 is 1.86. The van der Waals surface area contributed by atoms with E-state index in [-0.39, 0.29) is 0 Å². The lowest BCUT2D eigenvalue weighted by Crippen LogP contribution is -2.11. The number of para-hydroxylation sites is 1. The Morgan fingerprint density at radius 2 is 0.810 bits per heavy atom. The maximum absolute atomic E-state index is 2.43. The van der Waals surface area contributed by atoms with Gasteiger partial charge in [0.2, 0.25) is 0 Å². The van der Waals surface area contributed by atoms with Gasteiger partial charge >= 0.3 is 0 Å². The fourth-order valence-corrected chi connectivity index (χ4v) is 9.86. The summed E-state index contributed by atoms with van der Waals surface area (Å²) in [6, 6.07) is 82.0. The molecule has 1 nitrogen and oxygen atoms in total. The van der Waals surface area contributed by atoms with Gasteiger partial charge in [-0.2, -0.15) is 0 Å². The van der Waals surface area contributed by atoms with Gasteiger partial charge in [0, 0.05) is 37.1 Å². The van der Waals surface area contributed by atoms with Gasteiger partial charge in [0.15, 0.2) is 0 Å². The van der Waals surface area contributed by atoms with Crippen LogP contribution in [0.4, 0.5) is 17.1 Å². The second kappa shape index (κ2) is 14.4. The predicted octanol–water partition coefficient (Wildman–Crippen LogP) is 16.5. The second-order valence-electron chi connectivity index (χ2n) is 14.9. The van der Waals surface area contributed by atoms with Crippen molar-refractivity contribution in [1.82, 2.24) is 0 Å². The van der Waals surface area contributed by atoms with Crippen molar-refractivity contribution in [3.05, 3.63) is 224 Å². The van der Waals surface area contributed by atoms with Crippen LogP contribution in [0.15, 0.2) is 224 Å². The molecule has 0 amide bonds. The van der Waals surface area contributed by atoms with Crippen LogP contribution in [-0.2, 0) is 0 Å². The third-order valence-corrected chi connectivity index (χ3v) is 12.6. The Morgan fingerprint density at radius 1 is 0.276 bits per heavy atom. The average Bonchev–Trinajstić information content (AvgIpc) is 3.68. The van der Waals surface area contributed by atoms with Gasteiger partial charge in [-0.3, -0.25) is 0 Å². The van der Waals surface area contributed by atoms with Crippen LogP contribution in [-0.4, -0.2) is 0 Å². The highest BCUT2D eigenvalue weighted by molar-refractivity contribution is 7.25. The molecule has 1 aromatic heterocycles. The zero-order chi connectivity index (χ0) is 38.4. The Hall–Kier alpha value is -7.26. The maximum atomic E-state index is 2.43. The van der Waals surface area contributed by atoms with E-state index in [0.29, 0.717) is 0 Å². The SMILES string of the molecule is c1ccc(-c2ccccc2-c2ccccc2-c2ccccc2N(c2ccc(-c3ccc4c(c3)sc3ccccc34)cc2)c2ccc3c(ccc4ccccc43)c2)cc1. The smallest absolute Gasteiger partial charge is 0.0540 e. The first-order valence-electron chi connectivity index (χ1n) is 19.8. The molecule has 11 rings (SSSR count). The number of anilines is 3. The molecule has 0 atom stereocenters. The quantitative estimate of drug-likeness (QED) is 0.146. The average molecular weight is 756 g/mol. The summed E-state index contributed by atoms with van der Waals surface area (Å²) in [6.45, 7) is 0. The Balaban J connectivity index is 1.08. The molecule has 0 fully saturated rings. The molecule has 0 aliphatic heterocycles. The van der Waals surface area contributed by atoms with Crippen LogP contribution in [0.25, 0.3) is 86.2 Å². The molecule has 0 saturated heterocycles. The standard InChI is InChI=1S/C56H37NS/c1-2-14-39(15-3-1)46-18-6-7-19-48(46)49-20-8-9-21-50(49)51-22-10-12-24-54(51)57(44-33-35-47-42(36-44)27-26-40-16-4-5-17-45(40)47)43-31-28-38(29-32-43)41-30-34-53-52-23-11-13-25-55(52)58-56(53)37-41/h1-37H. The number of hydrogen-bond donors (Lipinski definition) is 0. The minimum Gasteiger partial charge on any atom is -0.310 e. The summed E-state index contributed by atoms with van der Waals surface area (Å²) in [5, 5.41) is 7.63. The lowest BCUT2D eigenvalue weighted by Gasteiger charge is -2.29. The van der Waals surface area contributed by atoms with E-state index in [1.165, 1.54) is 86.2 Å². The van der Waals surface area contributed by atoms with E-state index in [0.717, 1.165) is 17.1 Å². The van der Waals surface area contributed by atoms with Gasteiger partial charge in [-0.1, -0.05) is 182 Å². The predicted molar refractivity (Wildman–Crippen MR) is 251 cm³/mol. The molecular weight excluding hydrogens is 719 g/mol. The Morgan fingerprint density at radius 3 is 1.62 bits per heavy atom. The summed E-state index contributed by atoms with van der Waals surface area (Å²) in [6.07, 6.45) is 0. The van der Waals surface area contributed by atoms with Crippen molar-refractivity contribution in [3.8, 4) is 44.5 Å². The van der Waals surface area contributed by atoms with Crippen LogP contribution in [0.5, 0.6) is 0 Å². The minimum atomic E-state index is 1.10. The molecule has 0 N–H and O–H groups in total. The van der Waals surface area contributed by atoms with Crippen LogP contribution in [0.1, 0.15) is 0 Å².